The first-order valence-corrected chi connectivity index (χ1v) is 6.39. The predicted octanol–water partition coefficient (Wildman–Crippen LogP) is 2.28. The first-order valence-electron chi connectivity index (χ1n) is 6.39. The first-order chi connectivity index (χ1) is 9.16. The number of aromatic nitrogens is 1. The minimum atomic E-state index is -0.233. The molecule has 0 spiro atoms. The van der Waals surface area contributed by atoms with Crippen LogP contribution in [0.25, 0.3) is 10.9 Å². The van der Waals surface area contributed by atoms with Crippen LogP contribution in [0.5, 0.6) is 0 Å². The van der Waals surface area contributed by atoms with Gasteiger partial charge in [0.1, 0.15) is 0 Å². The summed E-state index contributed by atoms with van der Waals surface area (Å²) in [5.74, 6) is -0.233. The number of carbonyl (C=O) groups is 1. The second-order valence-corrected chi connectivity index (χ2v) is 4.63. The average Bonchev–Trinajstić information content (AvgIpc) is 2.38. The Kier molecular flexibility index (Phi) is 4.47. The molecule has 0 aliphatic carbocycles. The van der Waals surface area contributed by atoms with E-state index >= 15 is 0 Å². The molecule has 0 fully saturated rings. The number of pyridine rings is 1. The van der Waals surface area contributed by atoms with Crippen LogP contribution in [0, 0.1) is 0 Å². The number of nitrogens with one attached hydrogen (secondary N) is 1. The fourth-order valence-electron chi connectivity index (χ4n) is 1.91. The van der Waals surface area contributed by atoms with Crippen LogP contribution in [0.2, 0.25) is 0 Å². The highest BCUT2D eigenvalue weighted by molar-refractivity contribution is 5.81. The number of hydrogen-bond donors (Lipinski definition) is 1. The van der Waals surface area contributed by atoms with Gasteiger partial charge in [0, 0.05) is 18.1 Å². The predicted molar refractivity (Wildman–Crippen MR) is 74.7 cm³/mol. The fourth-order valence-corrected chi connectivity index (χ4v) is 1.91. The molecule has 0 bridgehead atoms. The molecule has 1 aromatic carbocycles. The third kappa shape index (κ3) is 3.76. The number of ether oxygens (including phenoxy) is 1. The Morgan fingerprint density at radius 2 is 2.11 bits per heavy atom. The second-order valence-electron chi connectivity index (χ2n) is 4.63. The van der Waals surface area contributed by atoms with Gasteiger partial charge in [0.25, 0.3) is 0 Å². The number of hydrogen-bond acceptors (Lipinski definition) is 4. The molecule has 0 atom stereocenters. The number of esters is 1. The smallest absolute Gasteiger partial charge is 0.320 e. The van der Waals surface area contributed by atoms with Gasteiger partial charge in [-0.15, -0.1) is 0 Å². The van der Waals surface area contributed by atoms with Crippen molar-refractivity contribution in [1.82, 2.24) is 10.3 Å². The number of benzene rings is 1. The standard InChI is InChI=1S/C15H18N2O2/c1-11(2)19-14(18)10-16-9-13-6-3-5-12-7-4-8-17-15(12)13/h3-8,11,16H,9-10H2,1-2H3. The van der Waals surface area contributed by atoms with Gasteiger partial charge >= 0.3 is 5.97 Å². The second kappa shape index (κ2) is 6.29. The van der Waals surface area contributed by atoms with Crippen molar-refractivity contribution in [2.75, 3.05) is 6.54 Å². The van der Waals surface area contributed by atoms with E-state index < -0.39 is 0 Å². The van der Waals surface area contributed by atoms with Gasteiger partial charge in [-0.2, -0.15) is 0 Å². The number of fused-ring (bicyclic) bond motifs is 1. The van der Waals surface area contributed by atoms with Crippen molar-refractivity contribution in [2.24, 2.45) is 0 Å². The molecule has 2 aromatic rings. The maximum atomic E-state index is 11.4. The van der Waals surface area contributed by atoms with Crippen LogP contribution in [0.4, 0.5) is 0 Å². The Labute approximate surface area is 112 Å². The molecule has 1 heterocycles. The molecule has 0 amide bonds. The number of rotatable bonds is 5. The Hall–Kier alpha value is -1.94. The molecule has 0 radical (unpaired) electrons. The van der Waals surface area contributed by atoms with E-state index in [2.05, 4.69) is 10.3 Å². The molecular weight excluding hydrogens is 240 g/mol. The Morgan fingerprint density at radius 1 is 1.32 bits per heavy atom. The molecular formula is C15H18N2O2. The Bertz CT molecular complexity index is 562. The van der Waals surface area contributed by atoms with Crippen LogP contribution in [-0.2, 0) is 16.1 Å². The number of nitrogens with zero attached hydrogens (tertiary/aromatic N) is 1. The van der Waals surface area contributed by atoms with Gasteiger partial charge in [0.2, 0.25) is 0 Å². The van der Waals surface area contributed by atoms with Crippen molar-refractivity contribution in [3.63, 3.8) is 0 Å². The van der Waals surface area contributed by atoms with E-state index in [1.54, 1.807) is 6.20 Å². The Balaban J connectivity index is 1.97. The Morgan fingerprint density at radius 3 is 2.89 bits per heavy atom. The molecule has 0 unspecified atom stereocenters. The SMILES string of the molecule is CC(C)OC(=O)CNCc1cccc2cccnc12. The quantitative estimate of drug-likeness (QED) is 0.836. The van der Waals surface area contributed by atoms with Crippen molar-refractivity contribution >= 4 is 16.9 Å². The van der Waals surface area contributed by atoms with Crippen LogP contribution in [-0.4, -0.2) is 23.6 Å². The van der Waals surface area contributed by atoms with Crippen LogP contribution < -0.4 is 5.32 Å². The lowest BCUT2D eigenvalue weighted by Gasteiger charge is -2.09. The van der Waals surface area contributed by atoms with Gasteiger partial charge in [-0.1, -0.05) is 24.3 Å². The van der Waals surface area contributed by atoms with Crippen LogP contribution in [0.1, 0.15) is 19.4 Å². The normalized spacial score (nSPS) is 10.9. The fraction of sp³-hybridized carbons (Fsp3) is 0.333. The minimum Gasteiger partial charge on any atom is -0.462 e. The zero-order valence-electron chi connectivity index (χ0n) is 11.2. The molecule has 0 aliphatic rings. The van der Waals surface area contributed by atoms with E-state index in [0.29, 0.717) is 6.54 Å². The third-order valence-electron chi connectivity index (χ3n) is 2.67. The van der Waals surface area contributed by atoms with Gasteiger partial charge in [-0.25, -0.2) is 0 Å². The van der Waals surface area contributed by atoms with Crippen molar-refractivity contribution in [2.45, 2.75) is 26.5 Å². The summed E-state index contributed by atoms with van der Waals surface area (Å²) in [6.45, 7) is 4.49. The average molecular weight is 258 g/mol. The summed E-state index contributed by atoms with van der Waals surface area (Å²) in [4.78, 5) is 15.8. The highest BCUT2D eigenvalue weighted by atomic mass is 16.5. The van der Waals surface area contributed by atoms with Gasteiger partial charge in [-0.3, -0.25) is 9.78 Å². The highest BCUT2D eigenvalue weighted by Gasteiger charge is 2.06. The van der Waals surface area contributed by atoms with E-state index in [9.17, 15) is 4.79 Å². The van der Waals surface area contributed by atoms with Crippen molar-refractivity contribution in [3.8, 4) is 0 Å². The molecule has 1 N–H and O–H groups in total. The lowest BCUT2D eigenvalue weighted by molar-refractivity contribution is -0.146. The summed E-state index contributed by atoms with van der Waals surface area (Å²) >= 11 is 0. The molecule has 0 saturated heterocycles. The van der Waals surface area contributed by atoms with E-state index in [4.69, 9.17) is 4.74 Å². The zero-order valence-corrected chi connectivity index (χ0v) is 11.2. The van der Waals surface area contributed by atoms with Crippen LogP contribution >= 0.6 is 0 Å². The molecule has 0 saturated carbocycles. The third-order valence-corrected chi connectivity index (χ3v) is 2.67. The molecule has 1 aromatic heterocycles. The summed E-state index contributed by atoms with van der Waals surface area (Å²) < 4.78 is 5.06. The van der Waals surface area contributed by atoms with Gasteiger partial charge in [0.15, 0.2) is 0 Å². The van der Waals surface area contributed by atoms with E-state index in [0.717, 1.165) is 16.5 Å². The maximum absolute atomic E-state index is 11.4. The summed E-state index contributed by atoms with van der Waals surface area (Å²) in [5, 5.41) is 4.19. The van der Waals surface area contributed by atoms with E-state index in [-0.39, 0.29) is 18.6 Å². The van der Waals surface area contributed by atoms with E-state index in [1.165, 1.54) is 0 Å². The summed E-state index contributed by atoms with van der Waals surface area (Å²) in [6, 6.07) is 9.97. The summed E-state index contributed by atoms with van der Waals surface area (Å²) in [7, 11) is 0. The lowest BCUT2D eigenvalue weighted by atomic mass is 10.1. The van der Waals surface area contributed by atoms with Crippen LogP contribution in [0.3, 0.4) is 0 Å². The highest BCUT2D eigenvalue weighted by Crippen LogP contribution is 2.15. The molecule has 0 aliphatic heterocycles. The summed E-state index contributed by atoms with van der Waals surface area (Å²) in [6.07, 6.45) is 1.70. The van der Waals surface area contributed by atoms with Gasteiger partial charge < -0.3 is 10.1 Å². The zero-order chi connectivity index (χ0) is 13.7. The van der Waals surface area contributed by atoms with Crippen molar-refractivity contribution in [3.05, 3.63) is 42.1 Å². The minimum absolute atomic E-state index is 0.0754. The van der Waals surface area contributed by atoms with Crippen molar-refractivity contribution < 1.29 is 9.53 Å². The topological polar surface area (TPSA) is 51.2 Å². The first kappa shape index (κ1) is 13.5. The summed E-state index contributed by atoms with van der Waals surface area (Å²) in [5.41, 5.74) is 2.05. The van der Waals surface area contributed by atoms with Crippen molar-refractivity contribution in [1.29, 1.82) is 0 Å². The number of carbonyl (C=O) groups excluding carboxylic acids is 1. The number of para-hydroxylation sites is 1. The van der Waals surface area contributed by atoms with Gasteiger partial charge in [0.05, 0.1) is 18.2 Å². The lowest BCUT2D eigenvalue weighted by Crippen LogP contribution is -2.26. The van der Waals surface area contributed by atoms with E-state index in [1.807, 2.05) is 44.2 Å². The maximum Gasteiger partial charge on any atom is 0.320 e. The molecule has 4 nitrogen and oxygen atoms in total. The molecule has 100 valence electrons. The largest absolute Gasteiger partial charge is 0.462 e. The molecule has 19 heavy (non-hydrogen) atoms. The van der Waals surface area contributed by atoms with Crippen LogP contribution in [0.15, 0.2) is 36.5 Å². The molecule has 2 rings (SSSR count). The monoisotopic (exact) mass is 258 g/mol. The molecule has 4 heteroatoms. The van der Waals surface area contributed by atoms with Gasteiger partial charge in [-0.05, 0) is 25.5 Å².